The number of hydrogen-bond donors (Lipinski definition) is 1. The van der Waals surface area contributed by atoms with E-state index in [1.807, 2.05) is 30.5 Å². The summed E-state index contributed by atoms with van der Waals surface area (Å²) in [7, 11) is 1.67. The van der Waals surface area contributed by atoms with Crippen LogP contribution < -0.4 is 9.64 Å². The molecular formula is C16H20N2O2. The third kappa shape index (κ3) is 2.10. The van der Waals surface area contributed by atoms with Gasteiger partial charge >= 0.3 is 0 Å². The first-order valence-corrected chi connectivity index (χ1v) is 7.05. The van der Waals surface area contributed by atoms with Crippen LogP contribution in [-0.4, -0.2) is 36.4 Å². The lowest BCUT2D eigenvalue weighted by atomic mass is 10.0. The highest BCUT2D eigenvalue weighted by molar-refractivity contribution is 5.93. The minimum absolute atomic E-state index is 0.162. The number of nitrogens with zero attached hydrogens (tertiary/aromatic N) is 2. The maximum absolute atomic E-state index is 9.63. The van der Waals surface area contributed by atoms with Crippen molar-refractivity contribution in [3.05, 3.63) is 30.5 Å². The highest BCUT2D eigenvalue weighted by Crippen LogP contribution is 2.33. The summed E-state index contributed by atoms with van der Waals surface area (Å²) < 4.78 is 5.27. The van der Waals surface area contributed by atoms with Crippen LogP contribution in [0.3, 0.4) is 0 Å². The molecule has 0 aliphatic carbocycles. The summed E-state index contributed by atoms with van der Waals surface area (Å²) in [4.78, 5) is 6.79. The molecule has 1 aromatic carbocycles. The second kappa shape index (κ2) is 5.29. The van der Waals surface area contributed by atoms with Crippen molar-refractivity contribution in [2.24, 2.45) is 5.92 Å². The van der Waals surface area contributed by atoms with E-state index in [0.29, 0.717) is 5.92 Å². The topological polar surface area (TPSA) is 45.6 Å². The molecule has 1 aromatic heterocycles. The zero-order valence-electron chi connectivity index (χ0n) is 11.9. The Kier molecular flexibility index (Phi) is 3.49. The minimum Gasteiger partial charge on any atom is -0.497 e. The van der Waals surface area contributed by atoms with E-state index in [9.17, 15) is 5.11 Å². The summed E-state index contributed by atoms with van der Waals surface area (Å²) in [6.45, 7) is 3.31. The molecule has 2 heterocycles. The number of anilines is 1. The van der Waals surface area contributed by atoms with E-state index in [-0.39, 0.29) is 12.6 Å². The Labute approximate surface area is 119 Å². The standard InChI is InChI=1S/C16H20N2O2/c1-11-6-8-18(15(11)10-19)16-14-4-3-13(20-2)9-12(14)5-7-17-16/h3-5,7,9,11,15,19H,6,8,10H2,1-2H3. The Bertz CT molecular complexity index is 614. The number of aromatic nitrogens is 1. The average molecular weight is 272 g/mol. The van der Waals surface area contributed by atoms with E-state index >= 15 is 0 Å². The Morgan fingerprint density at radius 1 is 1.40 bits per heavy atom. The molecule has 4 nitrogen and oxygen atoms in total. The van der Waals surface area contributed by atoms with Crippen LogP contribution in [0, 0.1) is 5.92 Å². The zero-order valence-corrected chi connectivity index (χ0v) is 11.9. The van der Waals surface area contributed by atoms with Crippen LogP contribution in [0.25, 0.3) is 10.8 Å². The van der Waals surface area contributed by atoms with Gasteiger partial charge in [-0.05, 0) is 42.0 Å². The Morgan fingerprint density at radius 3 is 3.00 bits per heavy atom. The Hall–Kier alpha value is -1.81. The second-order valence-corrected chi connectivity index (χ2v) is 5.43. The molecule has 3 rings (SSSR count). The third-order valence-corrected chi connectivity index (χ3v) is 4.29. The molecule has 0 bridgehead atoms. The van der Waals surface area contributed by atoms with Gasteiger partial charge in [0.05, 0.1) is 19.8 Å². The monoisotopic (exact) mass is 272 g/mol. The van der Waals surface area contributed by atoms with E-state index in [1.54, 1.807) is 7.11 Å². The fourth-order valence-electron chi connectivity index (χ4n) is 3.05. The fourth-order valence-corrected chi connectivity index (χ4v) is 3.05. The first kappa shape index (κ1) is 13.2. The lowest BCUT2D eigenvalue weighted by molar-refractivity contribution is 0.244. The van der Waals surface area contributed by atoms with Gasteiger partial charge in [-0.25, -0.2) is 4.98 Å². The number of rotatable bonds is 3. The maximum atomic E-state index is 9.63. The van der Waals surface area contributed by atoms with Crippen LogP contribution in [0.2, 0.25) is 0 Å². The van der Waals surface area contributed by atoms with Crippen LogP contribution >= 0.6 is 0 Å². The number of pyridine rings is 1. The molecule has 1 fully saturated rings. The molecule has 1 N–H and O–H groups in total. The van der Waals surface area contributed by atoms with E-state index in [0.717, 1.165) is 35.3 Å². The smallest absolute Gasteiger partial charge is 0.136 e. The fraction of sp³-hybridized carbons (Fsp3) is 0.438. The molecule has 2 atom stereocenters. The summed E-state index contributed by atoms with van der Waals surface area (Å²) >= 11 is 0. The van der Waals surface area contributed by atoms with Crippen LogP contribution in [-0.2, 0) is 0 Å². The number of ether oxygens (including phenoxy) is 1. The van der Waals surface area contributed by atoms with Crippen LogP contribution in [0.1, 0.15) is 13.3 Å². The lowest BCUT2D eigenvalue weighted by Gasteiger charge is -2.27. The van der Waals surface area contributed by atoms with Crippen molar-refractivity contribution in [3.8, 4) is 5.75 Å². The van der Waals surface area contributed by atoms with Gasteiger partial charge in [0.25, 0.3) is 0 Å². The Balaban J connectivity index is 2.07. The summed E-state index contributed by atoms with van der Waals surface area (Å²) in [6, 6.07) is 8.19. The van der Waals surface area contributed by atoms with Gasteiger partial charge in [-0.1, -0.05) is 6.92 Å². The molecule has 0 radical (unpaired) electrons. The number of aliphatic hydroxyl groups excluding tert-OH is 1. The van der Waals surface area contributed by atoms with Gasteiger partial charge in [0.2, 0.25) is 0 Å². The van der Waals surface area contributed by atoms with E-state index in [2.05, 4.69) is 16.8 Å². The summed E-state index contributed by atoms with van der Waals surface area (Å²) in [5.74, 6) is 2.31. The number of benzene rings is 1. The van der Waals surface area contributed by atoms with Crippen molar-refractivity contribution < 1.29 is 9.84 Å². The van der Waals surface area contributed by atoms with Crippen molar-refractivity contribution in [1.29, 1.82) is 0 Å². The lowest BCUT2D eigenvalue weighted by Crippen LogP contribution is -2.35. The largest absolute Gasteiger partial charge is 0.497 e. The highest BCUT2D eigenvalue weighted by atomic mass is 16.5. The van der Waals surface area contributed by atoms with Crippen LogP contribution in [0.4, 0.5) is 5.82 Å². The molecule has 1 saturated heterocycles. The van der Waals surface area contributed by atoms with Crippen molar-refractivity contribution >= 4 is 16.6 Å². The number of fused-ring (bicyclic) bond motifs is 1. The zero-order chi connectivity index (χ0) is 14.1. The molecule has 106 valence electrons. The van der Waals surface area contributed by atoms with Gasteiger partial charge in [-0.15, -0.1) is 0 Å². The van der Waals surface area contributed by atoms with Crippen LogP contribution in [0.15, 0.2) is 30.5 Å². The summed E-state index contributed by atoms with van der Waals surface area (Å²) in [6.07, 6.45) is 2.92. The number of aliphatic hydroxyl groups is 1. The van der Waals surface area contributed by atoms with Crippen LogP contribution in [0.5, 0.6) is 5.75 Å². The third-order valence-electron chi connectivity index (χ3n) is 4.29. The molecule has 20 heavy (non-hydrogen) atoms. The second-order valence-electron chi connectivity index (χ2n) is 5.43. The molecule has 0 amide bonds. The number of methoxy groups -OCH3 is 1. The molecular weight excluding hydrogens is 252 g/mol. The van der Waals surface area contributed by atoms with Crippen molar-refractivity contribution in [2.75, 3.05) is 25.2 Å². The van der Waals surface area contributed by atoms with Gasteiger partial charge in [-0.2, -0.15) is 0 Å². The quantitative estimate of drug-likeness (QED) is 0.932. The van der Waals surface area contributed by atoms with E-state index in [4.69, 9.17) is 4.74 Å². The first-order valence-electron chi connectivity index (χ1n) is 7.05. The molecule has 1 aliphatic rings. The normalized spacial score (nSPS) is 22.4. The summed E-state index contributed by atoms with van der Waals surface area (Å²) in [5.41, 5.74) is 0. The summed E-state index contributed by atoms with van der Waals surface area (Å²) in [5, 5.41) is 11.9. The Morgan fingerprint density at radius 2 is 2.25 bits per heavy atom. The van der Waals surface area contributed by atoms with Gasteiger partial charge in [0.1, 0.15) is 11.6 Å². The molecule has 1 aliphatic heterocycles. The molecule has 0 spiro atoms. The van der Waals surface area contributed by atoms with Gasteiger partial charge in [0.15, 0.2) is 0 Å². The first-order chi connectivity index (χ1) is 9.74. The van der Waals surface area contributed by atoms with Gasteiger partial charge in [0, 0.05) is 18.1 Å². The number of hydrogen-bond acceptors (Lipinski definition) is 4. The molecule has 0 saturated carbocycles. The molecule has 2 unspecified atom stereocenters. The minimum atomic E-state index is 0.162. The van der Waals surface area contributed by atoms with Gasteiger partial charge in [-0.3, -0.25) is 0 Å². The van der Waals surface area contributed by atoms with Crippen molar-refractivity contribution in [2.45, 2.75) is 19.4 Å². The highest BCUT2D eigenvalue weighted by Gasteiger charge is 2.32. The van der Waals surface area contributed by atoms with Crippen molar-refractivity contribution in [1.82, 2.24) is 4.98 Å². The van der Waals surface area contributed by atoms with Crippen molar-refractivity contribution in [3.63, 3.8) is 0 Å². The maximum Gasteiger partial charge on any atom is 0.136 e. The predicted octanol–water partition coefficient (Wildman–Crippen LogP) is 2.45. The van der Waals surface area contributed by atoms with E-state index < -0.39 is 0 Å². The average Bonchev–Trinajstić information content (AvgIpc) is 2.86. The molecule has 2 aromatic rings. The van der Waals surface area contributed by atoms with Gasteiger partial charge < -0.3 is 14.7 Å². The predicted molar refractivity (Wildman–Crippen MR) is 80.3 cm³/mol. The SMILES string of the molecule is COc1ccc2c(N3CCC(C)C3CO)nccc2c1. The molecule has 4 heteroatoms. The van der Waals surface area contributed by atoms with E-state index in [1.165, 1.54) is 0 Å².